The van der Waals surface area contributed by atoms with Gasteiger partial charge < -0.3 is 10.4 Å². The molecule has 0 aliphatic rings. The van der Waals surface area contributed by atoms with Crippen molar-refractivity contribution in [3.05, 3.63) is 71.5 Å². The van der Waals surface area contributed by atoms with E-state index in [0.717, 1.165) is 11.1 Å². The Labute approximate surface area is 125 Å². The largest absolute Gasteiger partial charge is 0.389 e. The fourth-order valence-corrected chi connectivity index (χ4v) is 2.18. The summed E-state index contributed by atoms with van der Waals surface area (Å²) in [6.45, 7) is 4.24. The second-order valence-corrected chi connectivity index (χ2v) is 5.63. The molecule has 0 bridgehead atoms. The lowest BCUT2D eigenvalue weighted by Crippen LogP contribution is -2.39. The molecule has 0 amide bonds. The molecule has 3 heteroatoms. The molecule has 2 unspecified atom stereocenters. The summed E-state index contributed by atoms with van der Waals surface area (Å²) in [4.78, 5) is 0. The number of benzene rings is 2. The average molecular weight is 287 g/mol. The monoisotopic (exact) mass is 287 g/mol. The van der Waals surface area contributed by atoms with Crippen LogP contribution in [0.2, 0.25) is 0 Å². The van der Waals surface area contributed by atoms with Gasteiger partial charge in [0.15, 0.2) is 0 Å². The maximum atomic E-state index is 13.1. The summed E-state index contributed by atoms with van der Waals surface area (Å²) in [5.74, 6) is -0.244. The molecule has 0 spiro atoms. The lowest BCUT2D eigenvalue weighted by molar-refractivity contribution is 0.0540. The molecular formula is C18H22FNO. The first-order valence-corrected chi connectivity index (χ1v) is 7.28. The molecule has 2 N–H and O–H groups in total. The van der Waals surface area contributed by atoms with Gasteiger partial charge in [0.1, 0.15) is 5.82 Å². The molecule has 0 radical (unpaired) electrons. The highest BCUT2D eigenvalue weighted by Gasteiger charge is 2.21. The molecule has 0 saturated heterocycles. The van der Waals surface area contributed by atoms with E-state index in [4.69, 9.17) is 0 Å². The third-order valence-electron chi connectivity index (χ3n) is 3.78. The predicted molar refractivity (Wildman–Crippen MR) is 83.6 cm³/mol. The highest BCUT2D eigenvalue weighted by Crippen LogP contribution is 2.23. The van der Waals surface area contributed by atoms with Crippen molar-refractivity contribution in [2.75, 3.05) is 6.54 Å². The Kier molecular flexibility index (Phi) is 5.10. The van der Waals surface area contributed by atoms with Gasteiger partial charge in [-0.3, -0.25) is 0 Å². The van der Waals surface area contributed by atoms with E-state index in [1.54, 1.807) is 12.1 Å². The van der Waals surface area contributed by atoms with Crippen molar-refractivity contribution in [3.8, 4) is 0 Å². The summed E-state index contributed by atoms with van der Waals surface area (Å²) in [7, 11) is 0. The van der Waals surface area contributed by atoms with Gasteiger partial charge in [-0.05, 0) is 36.6 Å². The minimum atomic E-state index is -0.757. The molecule has 0 heterocycles. The Bertz CT molecular complexity index is 551. The van der Waals surface area contributed by atoms with Gasteiger partial charge in [-0.1, -0.05) is 49.4 Å². The van der Waals surface area contributed by atoms with Crippen LogP contribution in [0.25, 0.3) is 0 Å². The predicted octanol–water partition coefficient (Wildman–Crippen LogP) is 3.67. The molecule has 0 saturated carbocycles. The molecule has 2 aromatic carbocycles. The summed E-state index contributed by atoms with van der Waals surface area (Å²) in [6, 6.07) is 16.4. The molecule has 0 aliphatic carbocycles. The molecule has 2 atom stereocenters. The lowest BCUT2D eigenvalue weighted by Gasteiger charge is -2.27. The highest BCUT2D eigenvalue weighted by atomic mass is 19.1. The smallest absolute Gasteiger partial charge is 0.123 e. The van der Waals surface area contributed by atoms with Gasteiger partial charge in [0.25, 0.3) is 0 Å². The standard InChI is InChI=1S/C18H22FNO/c1-3-18(2,21)13-20-17(14-7-5-4-6-8-14)15-9-11-16(19)12-10-15/h4-12,17,20-21H,3,13H2,1-2H3. The van der Waals surface area contributed by atoms with Crippen molar-refractivity contribution in [2.45, 2.75) is 31.9 Å². The minimum absolute atomic E-state index is 0.0650. The van der Waals surface area contributed by atoms with E-state index < -0.39 is 5.60 Å². The number of aliphatic hydroxyl groups is 1. The van der Waals surface area contributed by atoms with Crippen molar-refractivity contribution < 1.29 is 9.50 Å². The van der Waals surface area contributed by atoms with E-state index in [0.29, 0.717) is 13.0 Å². The molecule has 112 valence electrons. The van der Waals surface area contributed by atoms with E-state index in [1.807, 2.05) is 44.2 Å². The maximum absolute atomic E-state index is 13.1. The molecule has 0 fully saturated rings. The normalized spacial score (nSPS) is 15.4. The van der Waals surface area contributed by atoms with Gasteiger partial charge in [-0.15, -0.1) is 0 Å². The molecule has 2 aromatic rings. The first-order chi connectivity index (χ1) is 10.0. The average Bonchev–Trinajstić information content (AvgIpc) is 2.50. The van der Waals surface area contributed by atoms with Crippen molar-refractivity contribution in [3.63, 3.8) is 0 Å². The second-order valence-electron chi connectivity index (χ2n) is 5.63. The van der Waals surface area contributed by atoms with E-state index in [-0.39, 0.29) is 11.9 Å². The van der Waals surface area contributed by atoms with E-state index in [2.05, 4.69) is 5.32 Å². The summed E-state index contributed by atoms with van der Waals surface area (Å²) in [5.41, 5.74) is 1.32. The van der Waals surface area contributed by atoms with Crippen LogP contribution in [0.5, 0.6) is 0 Å². The minimum Gasteiger partial charge on any atom is -0.389 e. The quantitative estimate of drug-likeness (QED) is 0.849. The Balaban J connectivity index is 2.25. The molecule has 2 nitrogen and oxygen atoms in total. The van der Waals surface area contributed by atoms with Crippen molar-refractivity contribution in [1.29, 1.82) is 0 Å². The van der Waals surface area contributed by atoms with Crippen molar-refractivity contribution >= 4 is 0 Å². The Morgan fingerprint density at radius 1 is 1.05 bits per heavy atom. The summed E-state index contributed by atoms with van der Waals surface area (Å²) >= 11 is 0. The van der Waals surface area contributed by atoms with Crippen LogP contribution in [0.1, 0.15) is 37.4 Å². The summed E-state index contributed by atoms with van der Waals surface area (Å²) in [5, 5.41) is 13.6. The Hall–Kier alpha value is -1.71. The van der Waals surface area contributed by atoms with Crippen molar-refractivity contribution in [2.24, 2.45) is 0 Å². The highest BCUT2D eigenvalue weighted by molar-refractivity contribution is 5.31. The fraction of sp³-hybridized carbons (Fsp3) is 0.333. The van der Waals surface area contributed by atoms with Crippen LogP contribution in [-0.2, 0) is 0 Å². The van der Waals surface area contributed by atoms with E-state index >= 15 is 0 Å². The van der Waals surface area contributed by atoms with E-state index in [1.165, 1.54) is 12.1 Å². The van der Waals surface area contributed by atoms with Crippen LogP contribution < -0.4 is 5.32 Å². The number of halogens is 1. The van der Waals surface area contributed by atoms with Gasteiger partial charge in [0.2, 0.25) is 0 Å². The zero-order valence-corrected chi connectivity index (χ0v) is 12.5. The topological polar surface area (TPSA) is 32.3 Å². The third-order valence-corrected chi connectivity index (χ3v) is 3.78. The Morgan fingerprint density at radius 2 is 1.62 bits per heavy atom. The fourth-order valence-electron chi connectivity index (χ4n) is 2.18. The van der Waals surface area contributed by atoms with Crippen LogP contribution in [0.4, 0.5) is 4.39 Å². The number of rotatable bonds is 6. The molecule has 0 aromatic heterocycles. The zero-order valence-electron chi connectivity index (χ0n) is 12.5. The van der Waals surface area contributed by atoms with Crippen molar-refractivity contribution in [1.82, 2.24) is 5.32 Å². The van der Waals surface area contributed by atoms with Crippen LogP contribution in [-0.4, -0.2) is 17.3 Å². The van der Waals surface area contributed by atoms with Gasteiger partial charge in [-0.25, -0.2) is 4.39 Å². The van der Waals surface area contributed by atoms with Gasteiger partial charge in [-0.2, -0.15) is 0 Å². The van der Waals surface area contributed by atoms with Crippen LogP contribution in [0, 0.1) is 5.82 Å². The van der Waals surface area contributed by atoms with Gasteiger partial charge in [0.05, 0.1) is 11.6 Å². The number of hydrogen-bond donors (Lipinski definition) is 2. The molecular weight excluding hydrogens is 265 g/mol. The second kappa shape index (κ2) is 6.83. The first-order valence-electron chi connectivity index (χ1n) is 7.28. The van der Waals surface area contributed by atoms with E-state index in [9.17, 15) is 9.50 Å². The summed E-state index contributed by atoms with van der Waals surface area (Å²) in [6.07, 6.45) is 0.672. The Morgan fingerprint density at radius 3 is 2.19 bits per heavy atom. The summed E-state index contributed by atoms with van der Waals surface area (Å²) < 4.78 is 13.1. The lowest BCUT2D eigenvalue weighted by atomic mass is 9.96. The third kappa shape index (κ3) is 4.38. The zero-order chi connectivity index (χ0) is 15.3. The van der Waals surface area contributed by atoms with Crippen LogP contribution >= 0.6 is 0 Å². The number of nitrogens with one attached hydrogen (secondary N) is 1. The maximum Gasteiger partial charge on any atom is 0.123 e. The SMILES string of the molecule is CCC(C)(O)CNC(c1ccccc1)c1ccc(F)cc1. The van der Waals surface area contributed by atoms with Crippen LogP contribution in [0.15, 0.2) is 54.6 Å². The van der Waals surface area contributed by atoms with Gasteiger partial charge in [0, 0.05) is 6.54 Å². The molecule has 0 aliphatic heterocycles. The van der Waals surface area contributed by atoms with Crippen LogP contribution in [0.3, 0.4) is 0 Å². The van der Waals surface area contributed by atoms with Gasteiger partial charge >= 0.3 is 0 Å². The number of hydrogen-bond acceptors (Lipinski definition) is 2. The molecule has 2 rings (SSSR count). The molecule has 21 heavy (non-hydrogen) atoms. The first kappa shape index (κ1) is 15.7.